The molecule has 2 aliphatic carbocycles. The molecule has 0 aromatic rings. The van der Waals surface area contributed by atoms with Crippen LogP contribution in [0.1, 0.15) is 77.6 Å². The molecule has 1 unspecified atom stereocenters. The van der Waals surface area contributed by atoms with Crippen molar-refractivity contribution in [2.24, 2.45) is 0 Å². The smallest absolute Gasteiger partial charge is 0.245 e. The standard InChI is InChI=1S/C17H28N2O2/c1-17(12-11-15(20)19(17)14-9-10-14)16(21)18-13-7-5-3-2-4-6-8-13/h13-14H,2-12H2,1H3,(H,18,21). The summed E-state index contributed by atoms with van der Waals surface area (Å²) in [5.41, 5.74) is -0.597. The fourth-order valence-corrected chi connectivity index (χ4v) is 3.97. The SMILES string of the molecule is CC1(C(=O)NC2CCCCCCC2)CCC(=O)N1C1CC1. The van der Waals surface area contributed by atoms with Gasteiger partial charge >= 0.3 is 0 Å². The summed E-state index contributed by atoms with van der Waals surface area (Å²) in [6, 6.07) is 0.638. The van der Waals surface area contributed by atoms with Crippen molar-refractivity contribution >= 4 is 11.8 Å². The van der Waals surface area contributed by atoms with Crippen molar-refractivity contribution in [2.45, 2.75) is 95.2 Å². The Morgan fingerprint density at radius 3 is 2.33 bits per heavy atom. The molecular weight excluding hydrogens is 264 g/mol. The zero-order valence-electron chi connectivity index (χ0n) is 13.2. The molecule has 3 aliphatic rings. The lowest BCUT2D eigenvalue weighted by Gasteiger charge is -2.35. The Hall–Kier alpha value is -1.06. The molecule has 1 saturated heterocycles. The van der Waals surface area contributed by atoms with E-state index in [0.29, 0.717) is 24.9 Å². The van der Waals surface area contributed by atoms with Gasteiger partial charge in [0.25, 0.3) is 0 Å². The first-order valence-electron chi connectivity index (χ1n) is 8.74. The average molecular weight is 292 g/mol. The normalized spacial score (nSPS) is 31.9. The van der Waals surface area contributed by atoms with E-state index in [4.69, 9.17) is 0 Å². The minimum absolute atomic E-state index is 0.0887. The van der Waals surface area contributed by atoms with E-state index < -0.39 is 5.54 Å². The van der Waals surface area contributed by atoms with Gasteiger partial charge in [0.2, 0.25) is 11.8 Å². The Morgan fingerprint density at radius 2 is 1.71 bits per heavy atom. The summed E-state index contributed by atoms with van der Waals surface area (Å²) >= 11 is 0. The summed E-state index contributed by atoms with van der Waals surface area (Å²) < 4.78 is 0. The number of hydrogen-bond acceptors (Lipinski definition) is 2. The maximum absolute atomic E-state index is 12.8. The minimum Gasteiger partial charge on any atom is -0.351 e. The molecule has 0 spiro atoms. The van der Waals surface area contributed by atoms with Crippen LogP contribution in [0.4, 0.5) is 0 Å². The van der Waals surface area contributed by atoms with Crippen molar-refractivity contribution < 1.29 is 9.59 Å². The molecule has 4 nitrogen and oxygen atoms in total. The highest BCUT2D eigenvalue weighted by atomic mass is 16.2. The minimum atomic E-state index is -0.597. The number of carbonyl (C=O) groups is 2. The predicted molar refractivity (Wildman–Crippen MR) is 81.8 cm³/mol. The van der Waals surface area contributed by atoms with Gasteiger partial charge in [0.05, 0.1) is 0 Å². The zero-order valence-corrected chi connectivity index (χ0v) is 13.2. The zero-order chi connectivity index (χ0) is 14.9. The number of rotatable bonds is 3. The molecule has 118 valence electrons. The highest BCUT2D eigenvalue weighted by Crippen LogP contribution is 2.40. The quantitative estimate of drug-likeness (QED) is 0.869. The summed E-state index contributed by atoms with van der Waals surface area (Å²) in [5.74, 6) is 0.263. The van der Waals surface area contributed by atoms with Crippen molar-refractivity contribution in [3.05, 3.63) is 0 Å². The average Bonchev–Trinajstić information content (AvgIpc) is 3.19. The lowest BCUT2D eigenvalue weighted by Crippen LogP contribution is -2.57. The maximum atomic E-state index is 12.8. The Balaban J connectivity index is 1.64. The van der Waals surface area contributed by atoms with Crippen LogP contribution in [0, 0.1) is 0 Å². The van der Waals surface area contributed by atoms with Crippen LogP contribution in [0.15, 0.2) is 0 Å². The molecule has 2 amide bonds. The van der Waals surface area contributed by atoms with E-state index in [9.17, 15) is 9.59 Å². The number of amides is 2. The monoisotopic (exact) mass is 292 g/mol. The number of likely N-dealkylation sites (tertiary alicyclic amines) is 1. The van der Waals surface area contributed by atoms with E-state index in [-0.39, 0.29) is 11.8 Å². The van der Waals surface area contributed by atoms with Gasteiger partial charge in [0.1, 0.15) is 5.54 Å². The van der Waals surface area contributed by atoms with Crippen molar-refractivity contribution in [1.29, 1.82) is 0 Å². The topological polar surface area (TPSA) is 49.4 Å². The van der Waals surface area contributed by atoms with E-state index >= 15 is 0 Å². The van der Waals surface area contributed by atoms with Crippen LogP contribution in [-0.2, 0) is 9.59 Å². The molecule has 3 rings (SSSR count). The molecular formula is C17H28N2O2. The van der Waals surface area contributed by atoms with Crippen LogP contribution in [0.5, 0.6) is 0 Å². The summed E-state index contributed by atoms with van der Waals surface area (Å²) in [4.78, 5) is 26.8. The van der Waals surface area contributed by atoms with Crippen LogP contribution in [0.2, 0.25) is 0 Å². The molecule has 1 N–H and O–H groups in total. The number of nitrogens with one attached hydrogen (secondary N) is 1. The molecule has 3 fully saturated rings. The van der Waals surface area contributed by atoms with E-state index in [1.54, 1.807) is 0 Å². The van der Waals surface area contributed by atoms with Crippen LogP contribution < -0.4 is 5.32 Å². The predicted octanol–water partition coefficient (Wildman–Crippen LogP) is 2.76. The molecule has 0 aromatic carbocycles. The number of hydrogen-bond donors (Lipinski definition) is 1. The van der Waals surface area contributed by atoms with Gasteiger partial charge < -0.3 is 10.2 Å². The highest BCUT2D eigenvalue weighted by molar-refractivity contribution is 5.94. The molecule has 1 atom stereocenters. The Labute approximate surface area is 127 Å². The second-order valence-electron chi connectivity index (χ2n) is 7.28. The molecule has 0 aromatic heterocycles. The van der Waals surface area contributed by atoms with Crippen LogP contribution in [0.25, 0.3) is 0 Å². The van der Waals surface area contributed by atoms with E-state index in [2.05, 4.69) is 5.32 Å². The van der Waals surface area contributed by atoms with Gasteiger partial charge in [-0.3, -0.25) is 9.59 Å². The van der Waals surface area contributed by atoms with Crippen molar-refractivity contribution in [3.8, 4) is 0 Å². The Kier molecular flexibility index (Phi) is 4.23. The van der Waals surface area contributed by atoms with Gasteiger partial charge in [-0.25, -0.2) is 0 Å². The molecule has 0 bridgehead atoms. The lowest BCUT2D eigenvalue weighted by molar-refractivity contribution is -0.141. The van der Waals surface area contributed by atoms with Gasteiger partial charge in [-0.2, -0.15) is 0 Å². The second kappa shape index (κ2) is 5.98. The summed E-state index contributed by atoms with van der Waals surface area (Å²) in [6.45, 7) is 1.97. The van der Waals surface area contributed by atoms with Crippen LogP contribution >= 0.6 is 0 Å². The molecule has 2 saturated carbocycles. The van der Waals surface area contributed by atoms with Crippen molar-refractivity contribution in [1.82, 2.24) is 10.2 Å². The molecule has 1 aliphatic heterocycles. The van der Waals surface area contributed by atoms with E-state index in [1.807, 2.05) is 11.8 Å². The maximum Gasteiger partial charge on any atom is 0.245 e. The van der Waals surface area contributed by atoms with Crippen molar-refractivity contribution in [2.75, 3.05) is 0 Å². The molecule has 21 heavy (non-hydrogen) atoms. The van der Waals surface area contributed by atoms with Gasteiger partial charge in [-0.05, 0) is 39.0 Å². The first kappa shape index (κ1) is 14.9. The third-order valence-electron chi connectivity index (χ3n) is 5.47. The first-order valence-corrected chi connectivity index (χ1v) is 8.74. The van der Waals surface area contributed by atoms with Crippen LogP contribution in [-0.4, -0.2) is 34.3 Å². The number of carbonyl (C=O) groups excluding carboxylic acids is 2. The third-order valence-corrected chi connectivity index (χ3v) is 5.47. The van der Waals surface area contributed by atoms with E-state index in [1.165, 1.54) is 32.1 Å². The van der Waals surface area contributed by atoms with Crippen molar-refractivity contribution in [3.63, 3.8) is 0 Å². The Morgan fingerprint density at radius 1 is 1.10 bits per heavy atom. The highest BCUT2D eigenvalue weighted by Gasteiger charge is 2.52. The van der Waals surface area contributed by atoms with Gasteiger partial charge in [-0.15, -0.1) is 0 Å². The first-order chi connectivity index (χ1) is 10.1. The fraction of sp³-hybridized carbons (Fsp3) is 0.882. The van der Waals surface area contributed by atoms with Gasteiger partial charge in [0.15, 0.2) is 0 Å². The fourth-order valence-electron chi connectivity index (χ4n) is 3.97. The molecule has 0 radical (unpaired) electrons. The molecule has 1 heterocycles. The summed E-state index contributed by atoms with van der Waals surface area (Å²) in [6.07, 6.45) is 11.9. The number of nitrogens with zero attached hydrogens (tertiary/aromatic N) is 1. The lowest BCUT2D eigenvalue weighted by atomic mass is 9.93. The third kappa shape index (κ3) is 3.09. The van der Waals surface area contributed by atoms with Gasteiger partial charge in [0, 0.05) is 18.5 Å². The second-order valence-corrected chi connectivity index (χ2v) is 7.28. The largest absolute Gasteiger partial charge is 0.351 e. The summed E-state index contributed by atoms with van der Waals surface area (Å²) in [7, 11) is 0. The van der Waals surface area contributed by atoms with E-state index in [0.717, 1.165) is 25.7 Å². The van der Waals surface area contributed by atoms with Gasteiger partial charge in [-0.1, -0.05) is 32.1 Å². The Bertz CT molecular complexity index is 411. The summed E-state index contributed by atoms with van der Waals surface area (Å²) in [5, 5.41) is 3.27. The van der Waals surface area contributed by atoms with Crippen LogP contribution in [0.3, 0.4) is 0 Å². The molecule has 4 heteroatoms.